The van der Waals surface area contributed by atoms with Crippen LogP contribution in [-0.2, 0) is 42.2 Å². The first kappa shape index (κ1) is 65.7. The first-order chi connectivity index (χ1) is 34.3. The number of hydrogen-bond acceptors (Lipinski definition) is 4. The Labute approximate surface area is 448 Å². The minimum absolute atomic E-state index is 0. The molecule has 0 amide bonds. The third kappa shape index (κ3) is 31.8. The van der Waals surface area contributed by atoms with E-state index in [0.29, 0.717) is 0 Å². The minimum atomic E-state index is -0.369. The molecule has 400 valence electrons. The third-order valence-corrected chi connectivity index (χ3v) is 14.0. The van der Waals surface area contributed by atoms with E-state index in [-0.39, 0.29) is 28.0 Å². The van der Waals surface area contributed by atoms with Crippen molar-refractivity contribution in [1.29, 1.82) is 0 Å². The molecule has 0 aliphatic heterocycles. The van der Waals surface area contributed by atoms with Crippen LogP contribution in [0.5, 0.6) is 11.5 Å². The smallest absolute Gasteiger partial charge is 0.873 e. The first-order valence-electron chi connectivity index (χ1n) is 29.7. The van der Waals surface area contributed by atoms with E-state index in [9.17, 15) is 10.2 Å². The van der Waals surface area contributed by atoms with E-state index in [2.05, 4.69) is 95.8 Å². The van der Waals surface area contributed by atoms with Crippen LogP contribution >= 0.6 is 0 Å². The molecule has 0 saturated carbocycles. The molecule has 5 heteroatoms. The van der Waals surface area contributed by atoms with Crippen molar-refractivity contribution in [1.82, 2.24) is 0 Å². The Balaban J connectivity index is 0.00000134. The van der Waals surface area contributed by atoms with Crippen LogP contribution in [0, 0.1) is 11.8 Å². The Hall–Kier alpha value is -3.35. The van der Waals surface area contributed by atoms with Crippen molar-refractivity contribution in [3.63, 3.8) is 0 Å². The van der Waals surface area contributed by atoms with E-state index < -0.39 is 0 Å². The zero-order valence-corrected chi connectivity index (χ0v) is 47.9. The van der Waals surface area contributed by atoms with E-state index in [1.807, 2.05) is 6.92 Å². The summed E-state index contributed by atoms with van der Waals surface area (Å²) in [5.41, 5.74) is 10.4. The standard InChI is InChI=1S/C53H86N2.C13H20O2.Ni/c1-6-11-14-16-17-18-19-20-21-22-23-24-25-26-27-28-29-30-31-32-33-34-35-38-47-39-37-40-50(45-47)54-53(42-36-15-12-7-2)52(41-13-8-3)55-51-44-43-48(9-4)49(10-5)46-51;1-3-5-6-7-11-9-13(15)12(14)8-10(11)4-2;/h37,39-40,43-46H,6-34,36,41-42H2,1-5H3;8-9,14-15H,3-7H2,1-2H3;/q;;+2/p-2. The maximum Gasteiger partial charge on any atom is 2.00 e. The van der Waals surface area contributed by atoms with E-state index in [0.717, 1.165) is 110 Å². The monoisotopic (exact) mass is 1010 g/mol. The number of rotatable bonds is 39. The van der Waals surface area contributed by atoms with E-state index in [4.69, 9.17) is 9.98 Å². The van der Waals surface area contributed by atoms with Crippen molar-refractivity contribution in [3.8, 4) is 23.3 Å². The maximum atomic E-state index is 11.2. The molecule has 0 atom stereocenters. The van der Waals surface area contributed by atoms with Gasteiger partial charge in [0.1, 0.15) is 0 Å². The Kier molecular flexibility index (Phi) is 41.9. The molecule has 0 N–H and O–H groups in total. The second kappa shape index (κ2) is 45.3. The van der Waals surface area contributed by atoms with E-state index in [1.54, 1.807) is 0 Å². The molecule has 0 saturated heterocycles. The summed E-state index contributed by atoms with van der Waals surface area (Å²) in [4.78, 5) is 10.6. The van der Waals surface area contributed by atoms with Gasteiger partial charge in [-0.15, -0.1) is 11.5 Å². The van der Waals surface area contributed by atoms with Crippen molar-refractivity contribution >= 4 is 22.8 Å². The topological polar surface area (TPSA) is 70.8 Å². The second-order valence-corrected chi connectivity index (χ2v) is 20.2. The average Bonchev–Trinajstić information content (AvgIpc) is 3.37. The molecule has 0 radical (unpaired) electrons. The predicted octanol–water partition coefficient (Wildman–Crippen LogP) is 19.9. The van der Waals surface area contributed by atoms with Crippen LogP contribution in [0.15, 0.2) is 64.6 Å². The van der Waals surface area contributed by atoms with Crippen LogP contribution in [-0.4, -0.2) is 11.4 Å². The zero-order valence-electron chi connectivity index (χ0n) is 46.9. The molecule has 0 aliphatic carbocycles. The summed E-state index contributed by atoms with van der Waals surface area (Å²) < 4.78 is 0. The van der Waals surface area contributed by atoms with Gasteiger partial charge in [-0.3, -0.25) is 9.98 Å². The number of benzene rings is 3. The van der Waals surface area contributed by atoms with Gasteiger partial charge < -0.3 is 10.2 Å². The van der Waals surface area contributed by atoms with Crippen molar-refractivity contribution in [2.24, 2.45) is 9.98 Å². The number of nitrogens with zero attached hydrogens (tertiary/aromatic N) is 2. The van der Waals surface area contributed by atoms with Gasteiger partial charge in [-0.1, -0.05) is 252 Å². The van der Waals surface area contributed by atoms with Gasteiger partial charge in [0, 0.05) is 12.0 Å². The van der Waals surface area contributed by atoms with Crippen LogP contribution in [0.2, 0.25) is 0 Å². The summed E-state index contributed by atoms with van der Waals surface area (Å²) in [5, 5.41) is 22.4. The van der Waals surface area contributed by atoms with Gasteiger partial charge in [0.05, 0.1) is 22.8 Å². The summed E-state index contributed by atoms with van der Waals surface area (Å²) in [5.74, 6) is 6.20. The molecule has 0 bridgehead atoms. The van der Waals surface area contributed by atoms with Gasteiger partial charge in [0.25, 0.3) is 0 Å². The number of hydrogen-bond donors (Lipinski definition) is 0. The summed E-state index contributed by atoms with van der Waals surface area (Å²) in [7, 11) is 0. The summed E-state index contributed by atoms with van der Waals surface area (Å²) >= 11 is 0. The van der Waals surface area contributed by atoms with Gasteiger partial charge in [-0.25, -0.2) is 0 Å². The molecule has 4 nitrogen and oxygen atoms in total. The summed E-state index contributed by atoms with van der Waals surface area (Å²) in [6.45, 7) is 15.5. The molecule has 3 aromatic rings. The van der Waals surface area contributed by atoms with Crippen molar-refractivity contribution in [2.45, 2.75) is 286 Å². The molecule has 3 aromatic carbocycles. The van der Waals surface area contributed by atoms with Gasteiger partial charge >= 0.3 is 16.5 Å². The molecule has 0 aliphatic rings. The van der Waals surface area contributed by atoms with Crippen LogP contribution in [0.4, 0.5) is 11.4 Å². The molecular formula is C66H104N2NiO2. The fourth-order valence-corrected chi connectivity index (χ4v) is 9.50. The fraction of sp³-hybridized carbons (Fsp3) is 0.667. The summed E-state index contributed by atoms with van der Waals surface area (Å²) in [6.07, 6.45) is 47.3. The Morgan fingerprint density at radius 1 is 0.394 bits per heavy atom. The largest absolute Gasteiger partial charge is 2.00 e. The van der Waals surface area contributed by atoms with Crippen molar-refractivity contribution < 1.29 is 26.7 Å². The van der Waals surface area contributed by atoms with Crippen LogP contribution in [0.3, 0.4) is 0 Å². The van der Waals surface area contributed by atoms with E-state index >= 15 is 0 Å². The Morgan fingerprint density at radius 2 is 0.803 bits per heavy atom. The molecule has 0 unspecified atom stereocenters. The minimum Gasteiger partial charge on any atom is -0.873 e. The second-order valence-electron chi connectivity index (χ2n) is 20.2. The zero-order chi connectivity index (χ0) is 50.7. The quantitative estimate of drug-likeness (QED) is 0.0247. The van der Waals surface area contributed by atoms with Crippen LogP contribution in [0.1, 0.15) is 288 Å². The molecule has 0 heterocycles. The van der Waals surface area contributed by atoms with Crippen molar-refractivity contribution in [2.75, 3.05) is 0 Å². The molecule has 71 heavy (non-hydrogen) atoms. The number of aryl methyl sites for hydroxylation is 4. The first-order valence-corrected chi connectivity index (χ1v) is 29.7. The summed E-state index contributed by atoms with van der Waals surface area (Å²) in [6, 6.07) is 18.4. The predicted molar refractivity (Wildman–Crippen MR) is 306 cm³/mol. The van der Waals surface area contributed by atoms with Gasteiger partial charge in [0.2, 0.25) is 0 Å². The third-order valence-electron chi connectivity index (χ3n) is 14.0. The van der Waals surface area contributed by atoms with Gasteiger partial charge in [0.15, 0.2) is 0 Å². The molecule has 0 fully saturated rings. The Bertz CT molecular complexity index is 1890. The fourth-order valence-electron chi connectivity index (χ4n) is 9.50. The number of aliphatic imine (C=N–C) groups is 2. The van der Waals surface area contributed by atoms with Crippen molar-refractivity contribution in [3.05, 3.63) is 82.4 Å². The number of unbranched alkanes of at least 4 members (excludes halogenated alkanes) is 27. The van der Waals surface area contributed by atoms with Crippen LogP contribution in [0.25, 0.3) is 0 Å². The van der Waals surface area contributed by atoms with Gasteiger partial charge in [-0.2, -0.15) is 0 Å². The van der Waals surface area contributed by atoms with E-state index in [1.165, 1.54) is 190 Å². The SMILES string of the molecule is CCCCCCCCCCCCCCCCCCCCCCCC#Cc1cccc(N=C(CCCCCC)C(CCCC)=Nc2ccc(CC)c(CC)c2)c1.CCCCCc1cc([O-])c([O-])cc1CC.[Ni+2]. The Morgan fingerprint density at radius 3 is 1.30 bits per heavy atom. The average molecular weight is 1020 g/mol. The van der Waals surface area contributed by atoms with Crippen LogP contribution < -0.4 is 10.2 Å². The maximum absolute atomic E-state index is 11.2. The molecular weight excluding hydrogens is 911 g/mol. The molecule has 0 spiro atoms. The van der Waals surface area contributed by atoms with Gasteiger partial charge in [-0.05, 0) is 117 Å². The molecule has 3 rings (SSSR count). The normalized spacial score (nSPS) is 11.5. The molecule has 0 aromatic heterocycles.